The molecule has 2 aromatic heterocycles. The zero-order chi connectivity index (χ0) is 9.97. The fourth-order valence-electron chi connectivity index (χ4n) is 1.35. The summed E-state index contributed by atoms with van der Waals surface area (Å²) < 4.78 is 0.808. The van der Waals surface area contributed by atoms with Crippen molar-refractivity contribution < 1.29 is 0 Å². The monoisotopic (exact) mass is 222 g/mol. The topological polar surface area (TPSA) is 12.9 Å². The van der Waals surface area contributed by atoms with Crippen LogP contribution in [0.1, 0.15) is 4.88 Å². The first-order valence-electron chi connectivity index (χ1n) is 4.29. The summed E-state index contributed by atoms with van der Waals surface area (Å²) in [7, 11) is 0. The average Bonchev–Trinajstić information content (AvgIpc) is 2.61. The molecule has 0 aliphatic heterocycles. The van der Waals surface area contributed by atoms with Crippen LogP contribution in [0.3, 0.4) is 0 Å². The van der Waals surface area contributed by atoms with E-state index in [2.05, 4.69) is 11.9 Å². The minimum Gasteiger partial charge on any atom is -0.264 e. The van der Waals surface area contributed by atoms with E-state index in [1.165, 1.54) is 4.88 Å². The molecular weight excluding hydrogens is 214 g/mol. The van der Waals surface area contributed by atoms with Crippen LogP contribution in [0.4, 0.5) is 0 Å². The molecule has 2 aromatic rings. The zero-order valence-corrected chi connectivity index (χ0v) is 9.11. The highest BCUT2D eigenvalue weighted by molar-refractivity contribution is 7.16. The molecule has 2 heterocycles. The highest BCUT2D eigenvalue weighted by atomic mass is 35.5. The van der Waals surface area contributed by atoms with E-state index in [4.69, 9.17) is 11.6 Å². The van der Waals surface area contributed by atoms with Crippen molar-refractivity contribution in [2.75, 3.05) is 0 Å². The number of hydrogen-bond acceptors (Lipinski definition) is 2. The van der Waals surface area contributed by atoms with Gasteiger partial charge in [0.15, 0.2) is 0 Å². The third-order valence-corrected chi connectivity index (χ3v) is 3.30. The maximum absolute atomic E-state index is 5.96. The number of halogens is 1. The second-order valence-electron chi connectivity index (χ2n) is 2.88. The van der Waals surface area contributed by atoms with Gasteiger partial charge < -0.3 is 0 Å². The van der Waals surface area contributed by atoms with Gasteiger partial charge in [0.1, 0.15) is 0 Å². The molecular formula is C11H9ClNS. The molecule has 71 valence electrons. The summed E-state index contributed by atoms with van der Waals surface area (Å²) in [5.41, 5.74) is 2.26. The molecule has 0 bridgehead atoms. The van der Waals surface area contributed by atoms with Crippen LogP contribution < -0.4 is 0 Å². The molecule has 0 aromatic carbocycles. The Kier molecular flexibility index (Phi) is 2.85. The largest absolute Gasteiger partial charge is 0.264 e. The minimum absolute atomic E-state index is 0.765. The van der Waals surface area contributed by atoms with Crippen LogP contribution in [-0.2, 0) is 6.42 Å². The van der Waals surface area contributed by atoms with E-state index in [0.717, 1.165) is 21.9 Å². The van der Waals surface area contributed by atoms with Crippen LogP contribution in [0.15, 0.2) is 30.6 Å². The molecule has 14 heavy (non-hydrogen) atoms. The Morgan fingerprint density at radius 2 is 2.36 bits per heavy atom. The zero-order valence-electron chi connectivity index (χ0n) is 7.53. The average molecular weight is 223 g/mol. The number of hydrogen-bond donors (Lipinski definition) is 0. The fraction of sp³-hybridized carbons (Fsp3) is 0.0909. The van der Waals surface area contributed by atoms with Crippen LogP contribution >= 0.6 is 22.9 Å². The lowest BCUT2D eigenvalue weighted by Crippen LogP contribution is -1.81. The van der Waals surface area contributed by atoms with E-state index in [1.54, 1.807) is 17.5 Å². The summed E-state index contributed by atoms with van der Waals surface area (Å²) >= 11 is 7.55. The van der Waals surface area contributed by atoms with Crippen LogP contribution in [-0.4, -0.2) is 4.98 Å². The second-order valence-corrected chi connectivity index (χ2v) is 4.65. The molecule has 1 radical (unpaired) electrons. The number of aromatic nitrogens is 1. The standard InChI is InChI=1S/C11H9ClNS/c1-2-10-9(6-11(12)14-10)8-4-3-5-13-7-8/h3-7H,1-2H2. The van der Waals surface area contributed by atoms with E-state index < -0.39 is 0 Å². The first kappa shape index (κ1) is 9.69. The first-order valence-corrected chi connectivity index (χ1v) is 5.48. The van der Waals surface area contributed by atoms with Crippen LogP contribution in [0, 0.1) is 6.92 Å². The Morgan fingerprint density at radius 3 is 3.00 bits per heavy atom. The third-order valence-electron chi connectivity index (χ3n) is 1.98. The van der Waals surface area contributed by atoms with Crippen molar-refractivity contribution in [2.24, 2.45) is 0 Å². The van der Waals surface area contributed by atoms with Gasteiger partial charge >= 0.3 is 0 Å². The fourth-order valence-corrected chi connectivity index (χ4v) is 2.54. The summed E-state index contributed by atoms with van der Waals surface area (Å²) in [4.78, 5) is 5.30. The van der Waals surface area contributed by atoms with Crippen LogP contribution in [0.25, 0.3) is 11.1 Å². The molecule has 1 nitrogen and oxygen atoms in total. The van der Waals surface area contributed by atoms with Crippen molar-refractivity contribution in [3.8, 4) is 11.1 Å². The summed E-state index contributed by atoms with van der Waals surface area (Å²) in [6, 6.07) is 5.93. The van der Waals surface area contributed by atoms with E-state index >= 15 is 0 Å². The summed E-state index contributed by atoms with van der Waals surface area (Å²) in [5.74, 6) is 0. The highest BCUT2D eigenvalue weighted by Gasteiger charge is 2.07. The molecule has 0 N–H and O–H groups in total. The van der Waals surface area contributed by atoms with Gasteiger partial charge in [0.25, 0.3) is 0 Å². The van der Waals surface area contributed by atoms with Gasteiger partial charge in [0.05, 0.1) is 4.34 Å². The van der Waals surface area contributed by atoms with Crippen molar-refractivity contribution in [3.05, 3.63) is 46.7 Å². The Balaban J connectivity index is 2.51. The SMILES string of the molecule is [CH2]Cc1sc(Cl)cc1-c1cccnc1. The van der Waals surface area contributed by atoms with Gasteiger partial charge in [-0.1, -0.05) is 17.7 Å². The van der Waals surface area contributed by atoms with Crippen molar-refractivity contribution >= 4 is 22.9 Å². The maximum atomic E-state index is 5.96. The lowest BCUT2D eigenvalue weighted by Gasteiger charge is -1.99. The van der Waals surface area contributed by atoms with Crippen molar-refractivity contribution in [1.82, 2.24) is 4.98 Å². The Labute approximate surface area is 92.4 Å². The van der Waals surface area contributed by atoms with E-state index in [-0.39, 0.29) is 0 Å². The molecule has 0 amide bonds. The first-order chi connectivity index (χ1) is 6.81. The number of pyridine rings is 1. The lowest BCUT2D eigenvalue weighted by molar-refractivity contribution is 1.31. The summed E-state index contributed by atoms with van der Waals surface area (Å²) in [5, 5.41) is 0. The van der Waals surface area contributed by atoms with Crippen molar-refractivity contribution in [2.45, 2.75) is 6.42 Å². The number of rotatable bonds is 2. The molecule has 0 aliphatic carbocycles. The van der Waals surface area contributed by atoms with Crippen LogP contribution in [0.2, 0.25) is 4.34 Å². The number of thiophene rings is 1. The number of nitrogens with zero attached hydrogens (tertiary/aromatic N) is 1. The second kappa shape index (κ2) is 4.11. The maximum Gasteiger partial charge on any atom is 0.0937 e. The van der Waals surface area contributed by atoms with Gasteiger partial charge in [-0.15, -0.1) is 11.3 Å². The van der Waals surface area contributed by atoms with Gasteiger partial charge in [0.2, 0.25) is 0 Å². The molecule has 0 saturated heterocycles. The normalized spacial score (nSPS) is 10.4. The molecule has 3 heteroatoms. The van der Waals surface area contributed by atoms with Gasteiger partial charge in [-0.25, -0.2) is 0 Å². The minimum atomic E-state index is 0.765. The molecule has 0 fully saturated rings. The Morgan fingerprint density at radius 1 is 1.50 bits per heavy atom. The molecule has 2 rings (SSSR count). The predicted octanol–water partition coefficient (Wildman–Crippen LogP) is 3.84. The van der Waals surface area contributed by atoms with E-state index in [1.807, 2.05) is 24.4 Å². The lowest BCUT2D eigenvalue weighted by atomic mass is 10.1. The predicted molar refractivity (Wildman–Crippen MR) is 61.6 cm³/mol. The Bertz CT molecular complexity index is 422. The van der Waals surface area contributed by atoms with E-state index in [0.29, 0.717) is 0 Å². The highest BCUT2D eigenvalue weighted by Crippen LogP contribution is 2.34. The molecule has 0 spiro atoms. The molecule has 0 atom stereocenters. The van der Waals surface area contributed by atoms with Gasteiger partial charge in [-0.3, -0.25) is 4.98 Å². The quantitative estimate of drug-likeness (QED) is 0.753. The van der Waals surface area contributed by atoms with Crippen molar-refractivity contribution in [3.63, 3.8) is 0 Å². The Hall–Kier alpha value is -0.860. The van der Waals surface area contributed by atoms with Crippen LogP contribution in [0.5, 0.6) is 0 Å². The third kappa shape index (κ3) is 1.81. The molecule has 0 aliphatic rings. The van der Waals surface area contributed by atoms with Gasteiger partial charge in [0, 0.05) is 22.8 Å². The molecule has 0 saturated carbocycles. The smallest absolute Gasteiger partial charge is 0.0937 e. The van der Waals surface area contributed by atoms with E-state index in [9.17, 15) is 0 Å². The summed E-state index contributed by atoms with van der Waals surface area (Å²) in [6.45, 7) is 3.89. The summed E-state index contributed by atoms with van der Waals surface area (Å²) in [6.07, 6.45) is 4.38. The molecule has 0 unspecified atom stereocenters. The van der Waals surface area contributed by atoms with Crippen molar-refractivity contribution in [1.29, 1.82) is 0 Å². The van der Waals surface area contributed by atoms with Gasteiger partial charge in [-0.05, 0) is 31.0 Å². The van der Waals surface area contributed by atoms with Gasteiger partial charge in [-0.2, -0.15) is 0 Å².